The normalized spacial score (nSPS) is 15.2. The molecule has 0 spiro atoms. The predicted molar refractivity (Wildman–Crippen MR) is 112 cm³/mol. The van der Waals surface area contributed by atoms with Gasteiger partial charge in [0.05, 0.1) is 12.2 Å². The van der Waals surface area contributed by atoms with Crippen molar-refractivity contribution in [3.63, 3.8) is 0 Å². The molecule has 3 N–H and O–H groups in total. The van der Waals surface area contributed by atoms with Crippen molar-refractivity contribution in [3.05, 3.63) is 83.8 Å². The van der Waals surface area contributed by atoms with E-state index in [9.17, 15) is 19.9 Å². The number of carboxylic acids is 1. The summed E-state index contributed by atoms with van der Waals surface area (Å²) in [5, 5.41) is 31.0. The van der Waals surface area contributed by atoms with Crippen LogP contribution in [0.4, 0.5) is 0 Å². The van der Waals surface area contributed by atoms with Crippen molar-refractivity contribution in [2.75, 3.05) is 6.61 Å². The fraction of sp³-hybridized carbons (Fsp3) is 0.318. The molecule has 0 saturated carbocycles. The van der Waals surface area contributed by atoms with Gasteiger partial charge in [-0.2, -0.15) is 4.91 Å². The molecule has 0 aliphatic carbocycles. The minimum Gasteiger partial charge on any atom is -0.491 e. The van der Waals surface area contributed by atoms with Crippen LogP contribution < -0.4 is 4.74 Å². The zero-order valence-electron chi connectivity index (χ0n) is 16.1. The van der Waals surface area contributed by atoms with Gasteiger partial charge in [0.15, 0.2) is 0 Å². The number of nitrogens with zero attached hydrogens (tertiary/aromatic N) is 1. The number of carbonyl (C=O) groups is 1. The zero-order chi connectivity index (χ0) is 21.3. The topological polar surface area (TPSA) is 116 Å². The summed E-state index contributed by atoms with van der Waals surface area (Å²) in [7, 11) is 0. The first-order valence-corrected chi connectivity index (χ1v) is 9.29. The number of aliphatic hydroxyl groups is 2. The van der Waals surface area contributed by atoms with E-state index in [-0.39, 0.29) is 19.4 Å². The van der Waals surface area contributed by atoms with Crippen molar-refractivity contribution in [2.24, 2.45) is 5.18 Å². The van der Waals surface area contributed by atoms with Crippen molar-refractivity contribution < 1.29 is 24.9 Å². The molecule has 1 rings (SSSR count). The molecule has 7 nitrogen and oxygen atoms in total. The summed E-state index contributed by atoms with van der Waals surface area (Å²) < 4.78 is 5.48. The third-order valence-electron chi connectivity index (χ3n) is 3.78. The standard InChI is InChI=1S/C22H27NO6/c24-20(21(25)15-10-16-22(26)27)14-9-4-2-1-3-6-11-18(23-28)17-29-19-12-7-5-8-13-19/h1-9,11-14,18,20-21,24-25H,10,15-17H2,(H,26,27)/b3-1-,4-2+,11-6+,14-9+/t18-,20-,21+/m1/s1. The molecule has 0 unspecified atom stereocenters. The number of benzene rings is 1. The Balaban J connectivity index is 2.30. The van der Waals surface area contributed by atoms with E-state index < -0.39 is 24.2 Å². The number of ether oxygens (including phenoxy) is 1. The van der Waals surface area contributed by atoms with E-state index in [0.29, 0.717) is 12.2 Å². The second kappa shape index (κ2) is 15.0. The van der Waals surface area contributed by atoms with E-state index >= 15 is 0 Å². The smallest absolute Gasteiger partial charge is 0.303 e. The molecule has 0 aliphatic heterocycles. The van der Waals surface area contributed by atoms with Crippen molar-refractivity contribution in [1.29, 1.82) is 0 Å². The van der Waals surface area contributed by atoms with E-state index in [0.717, 1.165) is 0 Å². The number of carboxylic acid groups (broad SMARTS) is 1. The van der Waals surface area contributed by atoms with Crippen LogP contribution in [0.3, 0.4) is 0 Å². The summed E-state index contributed by atoms with van der Waals surface area (Å²) in [4.78, 5) is 21.3. The highest BCUT2D eigenvalue weighted by Crippen LogP contribution is 2.09. The van der Waals surface area contributed by atoms with Gasteiger partial charge in [-0.3, -0.25) is 4.79 Å². The third kappa shape index (κ3) is 12.1. The molecule has 0 heterocycles. The third-order valence-corrected chi connectivity index (χ3v) is 3.78. The average Bonchev–Trinajstić information content (AvgIpc) is 2.72. The lowest BCUT2D eigenvalue weighted by Gasteiger charge is -2.13. The van der Waals surface area contributed by atoms with Gasteiger partial charge in [0, 0.05) is 6.42 Å². The van der Waals surface area contributed by atoms with Crippen LogP contribution in [0.15, 0.2) is 84.1 Å². The number of rotatable bonds is 14. The molecule has 1 aromatic rings. The molecule has 1 aromatic carbocycles. The Morgan fingerprint density at radius 1 is 1.00 bits per heavy atom. The molecular weight excluding hydrogens is 374 g/mol. The molecule has 0 aliphatic rings. The maximum atomic E-state index is 10.8. The Bertz CT molecular complexity index is 711. The highest BCUT2D eigenvalue weighted by Gasteiger charge is 2.12. The molecule has 0 saturated heterocycles. The maximum Gasteiger partial charge on any atom is 0.303 e. The lowest BCUT2D eigenvalue weighted by Crippen LogP contribution is -2.23. The summed E-state index contributed by atoms with van der Waals surface area (Å²) in [6.45, 7) is 0.156. The van der Waals surface area contributed by atoms with Crippen molar-refractivity contribution in [1.82, 2.24) is 0 Å². The largest absolute Gasteiger partial charge is 0.491 e. The van der Waals surface area contributed by atoms with E-state index in [2.05, 4.69) is 5.18 Å². The lowest BCUT2D eigenvalue weighted by atomic mass is 10.1. The van der Waals surface area contributed by atoms with Crippen molar-refractivity contribution in [3.8, 4) is 5.75 Å². The van der Waals surface area contributed by atoms with Crippen molar-refractivity contribution in [2.45, 2.75) is 37.5 Å². The molecule has 0 aromatic heterocycles. The minimum atomic E-state index is -1.05. The molecular formula is C22H27NO6. The van der Waals surface area contributed by atoms with Gasteiger partial charge in [-0.05, 0) is 25.0 Å². The number of aliphatic hydroxyl groups excluding tert-OH is 2. The predicted octanol–water partition coefficient (Wildman–Crippen LogP) is 3.40. The van der Waals surface area contributed by atoms with E-state index in [1.54, 1.807) is 54.7 Å². The van der Waals surface area contributed by atoms with Gasteiger partial charge in [-0.15, -0.1) is 0 Å². The summed E-state index contributed by atoms with van der Waals surface area (Å²) in [5.74, 6) is -0.251. The Hall–Kier alpha value is -3.03. The monoisotopic (exact) mass is 401 g/mol. The fourth-order valence-electron chi connectivity index (χ4n) is 2.21. The van der Waals surface area contributed by atoms with Gasteiger partial charge >= 0.3 is 5.97 Å². The maximum absolute atomic E-state index is 10.8. The minimum absolute atomic E-state index is 0.0371. The van der Waals surface area contributed by atoms with E-state index in [1.165, 1.54) is 6.08 Å². The van der Waals surface area contributed by atoms with E-state index in [1.807, 2.05) is 18.2 Å². The molecule has 0 fully saturated rings. The highest BCUT2D eigenvalue weighted by molar-refractivity contribution is 5.66. The van der Waals surface area contributed by atoms with Crippen LogP contribution in [0.25, 0.3) is 0 Å². The molecule has 29 heavy (non-hydrogen) atoms. The van der Waals surface area contributed by atoms with Crippen LogP contribution in [0.5, 0.6) is 5.75 Å². The second-order valence-electron chi connectivity index (χ2n) is 6.18. The fourth-order valence-corrected chi connectivity index (χ4v) is 2.21. The number of hydrogen-bond donors (Lipinski definition) is 3. The summed E-state index contributed by atoms with van der Waals surface area (Å²) in [6, 6.07) is 8.57. The van der Waals surface area contributed by atoms with Gasteiger partial charge < -0.3 is 20.1 Å². The average molecular weight is 401 g/mol. The number of hydrogen-bond acceptors (Lipinski definition) is 6. The van der Waals surface area contributed by atoms with Gasteiger partial charge in [-0.1, -0.05) is 72.0 Å². The first kappa shape index (κ1) is 24.0. The first-order chi connectivity index (χ1) is 14.0. The highest BCUT2D eigenvalue weighted by atomic mass is 16.5. The summed E-state index contributed by atoms with van der Waals surface area (Å²) >= 11 is 0. The Morgan fingerprint density at radius 3 is 2.24 bits per heavy atom. The molecule has 0 amide bonds. The van der Waals surface area contributed by atoms with Crippen LogP contribution in [0.1, 0.15) is 19.3 Å². The Kier molecular flexibility index (Phi) is 12.4. The van der Waals surface area contributed by atoms with E-state index in [4.69, 9.17) is 9.84 Å². The van der Waals surface area contributed by atoms with Crippen LogP contribution in [-0.4, -0.2) is 46.1 Å². The molecule has 156 valence electrons. The van der Waals surface area contributed by atoms with Crippen LogP contribution in [0.2, 0.25) is 0 Å². The molecule has 0 bridgehead atoms. The second-order valence-corrected chi connectivity index (χ2v) is 6.18. The number of nitroso groups, excluding NO2 is 1. The van der Waals surface area contributed by atoms with Crippen molar-refractivity contribution >= 4 is 5.97 Å². The molecule has 3 atom stereocenters. The van der Waals surface area contributed by atoms with Gasteiger partial charge in [0.2, 0.25) is 0 Å². The summed E-state index contributed by atoms with van der Waals surface area (Å²) in [5.41, 5.74) is 0. The Morgan fingerprint density at radius 2 is 1.62 bits per heavy atom. The summed E-state index contributed by atoms with van der Waals surface area (Å²) in [6.07, 6.45) is 11.6. The first-order valence-electron chi connectivity index (χ1n) is 9.29. The number of aliphatic carboxylic acids is 1. The molecule has 7 heteroatoms. The lowest BCUT2D eigenvalue weighted by molar-refractivity contribution is -0.137. The number of para-hydroxylation sites is 1. The number of allylic oxidation sites excluding steroid dienone is 6. The quantitative estimate of drug-likeness (QED) is 0.325. The molecule has 0 radical (unpaired) electrons. The van der Waals surface area contributed by atoms with Crippen LogP contribution in [-0.2, 0) is 4.79 Å². The van der Waals surface area contributed by atoms with Gasteiger partial charge in [0.25, 0.3) is 0 Å². The van der Waals surface area contributed by atoms with Crippen LogP contribution in [0, 0.1) is 4.91 Å². The van der Waals surface area contributed by atoms with Gasteiger partial charge in [0.1, 0.15) is 18.4 Å². The Labute approximate surface area is 170 Å². The van der Waals surface area contributed by atoms with Crippen LogP contribution >= 0.6 is 0 Å². The van der Waals surface area contributed by atoms with Gasteiger partial charge in [-0.25, -0.2) is 0 Å². The zero-order valence-corrected chi connectivity index (χ0v) is 16.1. The SMILES string of the molecule is O=N[C@H](/C=C/C=C\C=C\C=C\[C@@H](O)[C@@H](O)CCCC(=O)O)COc1ccccc1.